The van der Waals surface area contributed by atoms with E-state index in [1.165, 1.54) is 0 Å². The van der Waals surface area contributed by atoms with Crippen LogP contribution in [0, 0.1) is 6.92 Å². The predicted molar refractivity (Wildman–Crippen MR) is 89.9 cm³/mol. The maximum absolute atomic E-state index is 12.2. The molecule has 0 radical (unpaired) electrons. The largest absolute Gasteiger partial charge is 0.337 e. The van der Waals surface area contributed by atoms with Gasteiger partial charge >= 0.3 is 0 Å². The second-order valence-corrected chi connectivity index (χ2v) is 9.14. The summed E-state index contributed by atoms with van der Waals surface area (Å²) < 4.78 is 29.4. The molecule has 3 rings (SSSR count). The molecule has 0 bridgehead atoms. The van der Waals surface area contributed by atoms with Crippen LogP contribution in [-0.4, -0.2) is 54.1 Å². The zero-order chi connectivity index (χ0) is 17.5. The Morgan fingerprint density at radius 3 is 2.79 bits per heavy atom. The van der Waals surface area contributed by atoms with Gasteiger partial charge in [-0.1, -0.05) is 11.6 Å². The van der Waals surface area contributed by atoms with E-state index in [2.05, 4.69) is 14.9 Å². The number of nitrogens with zero attached hydrogens (tertiary/aromatic N) is 4. The lowest BCUT2D eigenvalue weighted by Crippen LogP contribution is -2.38. The van der Waals surface area contributed by atoms with Crippen LogP contribution in [0.25, 0.3) is 0 Å². The molecule has 1 aliphatic rings. The summed E-state index contributed by atoms with van der Waals surface area (Å²) in [5.41, 5.74) is 0.733. The van der Waals surface area contributed by atoms with Crippen LogP contribution in [0.1, 0.15) is 22.0 Å². The molecule has 1 amide bonds. The molecule has 0 atom stereocenters. The van der Waals surface area contributed by atoms with E-state index in [1.54, 1.807) is 29.5 Å². The highest BCUT2D eigenvalue weighted by molar-refractivity contribution is 7.91. The summed E-state index contributed by atoms with van der Waals surface area (Å²) in [5, 5.41) is 7.91. The van der Waals surface area contributed by atoms with E-state index >= 15 is 0 Å². The summed E-state index contributed by atoms with van der Waals surface area (Å²) in [7, 11) is -1.89. The van der Waals surface area contributed by atoms with Crippen LogP contribution in [0.2, 0.25) is 4.34 Å². The molecule has 24 heavy (non-hydrogen) atoms. The summed E-state index contributed by atoms with van der Waals surface area (Å²) in [4.78, 5) is 13.5. The first kappa shape index (κ1) is 17.3. The van der Waals surface area contributed by atoms with Gasteiger partial charge in [0, 0.05) is 33.1 Å². The quantitative estimate of drug-likeness (QED) is 0.819. The van der Waals surface area contributed by atoms with Crippen molar-refractivity contribution in [3.05, 3.63) is 27.6 Å². The van der Waals surface area contributed by atoms with Gasteiger partial charge in [-0.15, -0.1) is 21.5 Å². The molecule has 0 aromatic carbocycles. The molecule has 2 aromatic rings. The molecule has 0 spiro atoms. The summed E-state index contributed by atoms with van der Waals surface area (Å²) in [6.07, 6.45) is 0.349. The van der Waals surface area contributed by atoms with Gasteiger partial charge in [0.25, 0.3) is 5.91 Å². The normalized spacial score (nSPS) is 15.0. The Morgan fingerprint density at radius 1 is 1.38 bits per heavy atom. The zero-order valence-electron chi connectivity index (χ0n) is 13.1. The average Bonchev–Trinajstić information content (AvgIpc) is 3.08. The first-order valence-corrected chi connectivity index (χ1v) is 9.90. The lowest BCUT2D eigenvalue weighted by atomic mass is 10.3. The first-order valence-electron chi connectivity index (χ1n) is 7.23. The number of carbonyl (C=O) groups excluding carboxylic acids is 1. The summed E-state index contributed by atoms with van der Waals surface area (Å²) in [6, 6.07) is 1.54. The number of rotatable bonds is 5. The van der Waals surface area contributed by atoms with E-state index in [1.807, 2.05) is 0 Å². The highest BCUT2D eigenvalue weighted by Gasteiger charge is 2.26. The Bertz CT molecular complexity index is 870. The fraction of sp³-hybridized carbons (Fsp3) is 0.462. The van der Waals surface area contributed by atoms with Crippen LogP contribution < -0.4 is 4.72 Å². The third-order valence-corrected chi connectivity index (χ3v) is 7.25. The van der Waals surface area contributed by atoms with Gasteiger partial charge in [0.05, 0.1) is 4.34 Å². The van der Waals surface area contributed by atoms with Crippen molar-refractivity contribution >= 4 is 38.9 Å². The Labute approximate surface area is 148 Å². The van der Waals surface area contributed by atoms with Crippen molar-refractivity contribution in [2.75, 3.05) is 20.1 Å². The number of amides is 1. The minimum atomic E-state index is -3.60. The van der Waals surface area contributed by atoms with Gasteiger partial charge < -0.3 is 9.47 Å². The van der Waals surface area contributed by atoms with Crippen molar-refractivity contribution in [2.45, 2.75) is 24.1 Å². The summed E-state index contributed by atoms with van der Waals surface area (Å²) in [6.45, 7) is 3.11. The molecule has 11 heteroatoms. The number of nitrogens with one attached hydrogen (secondary N) is 1. The van der Waals surface area contributed by atoms with Gasteiger partial charge in [0.1, 0.15) is 10.0 Å². The monoisotopic (exact) mass is 389 g/mol. The van der Waals surface area contributed by atoms with Gasteiger partial charge in [-0.05, 0) is 18.6 Å². The molecule has 130 valence electrons. The maximum atomic E-state index is 12.2. The number of likely N-dealkylation sites (N-methyl/N-ethyl adjacent to an activating group) is 1. The predicted octanol–water partition coefficient (Wildman–Crippen LogP) is 0.908. The lowest BCUT2D eigenvalue weighted by Gasteiger charge is -2.23. The third-order valence-electron chi connectivity index (χ3n) is 3.76. The second-order valence-electron chi connectivity index (χ2n) is 5.49. The SMILES string of the molecule is Cc1cc(S(=O)(=O)NCCc2nnc3n2CCN(C)C3=O)sc1Cl. The number of fused-ring (bicyclic) bond motifs is 1. The Balaban J connectivity index is 1.67. The number of aryl methyl sites for hydroxylation is 1. The maximum Gasteiger partial charge on any atom is 0.291 e. The molecule has 1 aliphatic heterocycles. The first-order chi connectivity index (χ1) is 11.3. The number of hydrogen-bond donors (Lipinski definition) is 1. The van der Waals surface area contributed by atoms with Crippen LogP contribution in [0.4, 0.5) is 0 Å². The molecular formula is C13H16ClN5O3S2. The van der Waals surface area contributed by atoms with Crippen molar-refractivity contribution in [1.29, 1.82) is 0 Å². The van der Waals surface area contributed by atoms with E-state index in [0.717, 1.165) is 16.9 Å². The van der Waals surface area contributed by atoms with Crippen LogP contribution >= 0.6 is 22.9 Å². The Kier molecular flexibility index (Phi) is 4.65. The Morgan fingerprint density at radius 2 is 2.12 bits per heavy atom. The standard InChI is InChI=1S/C13H16ClN5O3S2/c1-8-7-10(23-11(8)14)24(21,22)15-4-3-9-16-17-12-13(20)18(2)5-6-19(9)12/h7,15H,3-6H2,1-2H3. The highest BCUT2D eigenvalue weighted by atomic mass is 35.5. The second kappa shape index (κ2) is 6.43. The van der Waals surface area contributed by atoms with E-state index < -0.39 is 10.0 Å². The van der Waals surface area contributed by atoms with Crippen LogP contribution in [0.15, 0.2) is 10.3 Å². The van der Waals surface area contributed by atoms with Gasteiger partial charge in [0.15, 0.2) is 0 Å². The number of hydrogen-bond acceptors (Lipinski definition) is 6. The fourth-order valence-electron chi connectivity index (χ4n) is 2.37. The summed E-state index contributed by atoms with van der Waals surface area (Å²) >= 11 is 6.95. The zero-order valence-corrected chi connectivity index (χ0v) is 15.5. The number of halogens is 1. The molecule has 3 heterocycles. The van der Waals surface area contributed by atoms with E-state index in [4.69, 9.17) is 11.6 Å². The molecule has 0 fully saturated rings. The van der Waals surface area contributed by atoms with Crippen LogP contribution in [0.3, 0.4) is 0 Å². The molecule has 8 nitrogen and oxygen atoms in total. The smallest absolute Gasteiger partial charge is 0.291 e. The van der Waals surface area contributed by atoms with Crippen molar-refractivity contribution < 1.29 is 13.2 Å². The molecule has 0 saturated carbocycles. The lowest BCUT2D eigenvalue weighted by molar-refractivity contribution is 0.0740. The van der Waals surface area contributed by atoms with Crippen LogP contribution in [0.5, 0.6) is 0 Å². The number of aromatic nitrogens is 3. The summed E-state index contributed by atoms with van der Waals surface area (Å²) in [5.74, 6) is 0.709. The minimum absolute atomic E-state index is 0.166. The van der Waals surface area contributed by atoms with Crippen LogP contribution in [-0.2, 0) is 23.0 Å². The van der Waals surface area contributed by atoms with E-state index in [0.29, 0.717) is 35.5 Å². The van der Waals surface area contributed by atoms with E-state index in [9.17, 15) is 13.2 Å². The van der Waals surface area contributed by atoms with Crippen molar-refractivity contribution in [2.24, 2.45) is 0 Å². The number of thiophene rings is 1. The van der Waals surface area contributed by atoms with Crippen molar-refractivity contribution in [3.8, 4) is 0 Å². The topological polar surface area (TPSA) is 97.2 Å². The third kappa shape index (κ3) is 3.18. The van der Waals surface area contributed by atoms with Crippen molar-refractivity contribution in [3.63, 3.8) is 0 Å². The van der Waals surface area contributed by atoms with E-state index in [-0.39, 0.29) is 16.7 Å². The van der Waals surface area contributed by atoms with Gasteiger partial charge in [-0.3, -0.25) is 4.79 Å². The minimum Gasteiger partial charge on any atom is -0.337 e. The number of carbonyl (C=O) groups is 1. The molecule has 0 aliphatic carbocycles. The molecule has 0 saturated heterocycles. The van der Waals surface area contributed by atoms with Crippen molar-refractivity contribution in [1.82, 2.24) is 24.4 Å². The van der Waals surface area contributed by atoms with Gasteiger partial charge in [0.2, 0.25) is 15.8 Å². The average molecular weight is 390 g/mol. The van der Waals surface area contributed by atoms with Gasteiger partial charge in [-0.2, -0.15) is 0 Å². The molecule has 1 N–H and O–H groups in total. The fourth-order valence-corrected chi connectivity index (χ4v) is 5.15. The Hall–Kier alpha value is -1.49. The van der Waals surface area contributed by atoms with Gasteiger partial charge in [-0.25, -0.2) is 13.1 Å². The molecule has 0 unspecified atom stereocenters. The number of sulfonamides is 1. The molecule has 2 aromatic heterocycles. The molecular weight excluding hydrogens is 374 g/mol. The highest BCUT2D eigenvalue weighted by Crippen LogP contribution is 2.29.